The number of halogens is 2. The zero-order chi connectivity index (χ0) is 27.8. The predicted octanol–water partition coefficient (Wildman–Crippen LogP) is 7.08. The van der Waals surface area contributed by atoms with E-state index in [2.05, 4.69) is 5.32 Å². The van der Waals surface area contributed by atoms with E-state index in [1.807, 2.05) is 92.7 Å². The van der Waals surface area contributed by atoms with Crippen molar-refractivity contribution in [1.29, 1.82) is 0 Å². The summed E-state index contributed by atoms with van der Waals surface area (Å²) in [6, 6.07) is 27.7. The second-order valence-electron chi connectivity index (χ2n) is 9.56. The second kappa shape index (κ2) is 13.5. The Morgan fingerprint density at radius 3 is 2.33 bits per heavy atom. The van der Waals surface area contributed by atoms with Gasteiger partial charge in [0.05, 0.1) is 10.0 Å². The first-order valence-electron chi connectivity index (χ1n) is 13.0. The van der Waals surface area contributed by atoms with Gasteiger partial charge < -0.3 is 15.0 Å². The van der Waals surface area contributed by atoms with Crippen molar-refractivity contribution < 1.29 is 14.3 Å². The second-order valence-corrected chi connectivity index (χ2v) is 10.4. The lowest BCUT2D eigenvalue weighted by Gasteiger charge is -2.32. The largest absolute Gasteiger partial charge is 0.483 e. The summed E-state index contributed by atoms with van der Waals surface area (Å²) in [6.07, 6.45) is 1.12. The third kappa shape index (κ3) is 7.53. The Kier molecular flexibility index (Phi) is 9.85. The first-order valence-corrected chi connectivity index (χ1v) is 13.8. The summed E-state index contributed by atoms with van der Waals surface area (Å²) in [5, 5.41) is 5.81. The number of fused-ring (bicyclic) bond motifs is 1. The number of hydrogen-bond donors (Lipinski definition) is 1. The van der Waals surface area contributed by atoms with Crippen molar-refractivity contribution in [2.24, 2.45) is 0 Å². The maximum Gasteiger partial charge on any atom is 0.261 e. The Morgan fingerprint density at radius 2 is 1.59 bits per heavy atom. The molecule has 0 radical (unpaired) electrons. The summed E-state index contributed by atoms with van der Waals surface area (Å²) < 4.78 is 6.05. The van der Waals surface area contributed by atoms with E-state index in [1.54, 1.807) is 17.0 Å². The number of nitrogens with one attached hydrogen (secondary N) is 1. The van der Waals surface area contributed by atoms with Crippen LogP contribution in [0.5, 0.6) is 5.75 Å². The molecule has 2 atom stereocenters. The Hall–Kier alpha value is -3.54. The fourth-order valence-corrected chi connectivity index (χ4v) is 4.69. The number of nitrogens with zero attached hydrogens (tertiary/aromatic N) is 1. The van der Waals surface area contributed by atoms with Gasteiger partial charge in [0.2, 0.25) is 5.91 Å². The fourth-order valence-electron chi connectivity index (χ4n) is 4.37. The van der Waals surface area contributed by atoms with Crippen molar-refractivity contribution in [3.05, 3.63) is 112 Å². The molecule has 0 aliphatic carbocycles. The average molecular weight is 564 g/mol. The first-order chi connectivity index (χ1) is 18.9. The molecule has 1 N–H and O–H groups in total. The highest BCUT2D eigenvalue weighted by atomic mass is 35.5. The van der Waals surface area contributed by atoms with Crippen LogP contribution in [0.3, 0.4) is 0 Å². The van der Waals surface area contributed by atoms with Crippen LogP contribution in [0, 0.1) is 0 Å². The molecule has 2 amide bonds. The predicted molar refractivity (Wildman–Crippen MR) is 158 cm³/mol. The molecule has 0 heterocycles. The van der Waals surface area contributed by atoms with Crippen molar-refractivity contribution in [3.8, 4) is 5.75 Å². The normalized spacial score (nSPS) is 12.5. The lowest BCUT2D eigenvalue weighted by molar-refractivity contribution is -0.143. The maximum atomic E-state index is 13.9. The molecule has 4 aromatic rings. The quantitative estimate of drug-likeness (QED) is 0.212. The molecule has 0 bridgehead atoms. The number of carbonyl (C=O) groups is 2. The molecule has 39 heavy (non-hydrogen) atoms. The molecule has 0 aliphatic heterocycles. The van der Waals surface area contributed by atoms with Gasteiger partial charge in [0, 0.05) is 24.4 Å². The Bertz CT molecular complexity index is 1420. The van der Waals surface area contributed by atoms with E-state index in [-0.39, 0.29) is 31.0 Å². The Morgan fingerprint density at radius 1 is 0.872 bits per heavy atom. The summed E-state index contributed by atoms with van der Waals surface area (Å²) in [5.74, 6) is 0.0839. The van der Waals surface area contributed by atoms with Crippen molar-refractivity contribution in [2.75, 3.05) is 6.61 Å². The molecule has 0 spiro atoms. The van der Waals surface area contributed by atoms with Gasteiger partial charge in [0.25, 0.3) is 5.91 Å². The van der Waals surface area contributed by atoms with Gasteiger partial charge in [-0.25, -0.2) is 0 Å². The van der Waals surface area contributed by atoms with E-state index in [4.69, 9.17) is 27.9 Å². The molecule has 0 saturated heterocycles. The van der Waals surface area contributed by atoms with Crippen LogP contribution in [-0.2, 0) is 22.6 Å². The van der Waals surface area contributed by atoms with Crippen molar-refractivity contribution >= 4 is 45.8 Å². The molecule has 5 nitrogen and oxygen atoms in total. The SMILES string of the molecule is CC[C@H](C)NC(=O)[C@H](Cc1ccccc1)N(Cc1ccc(Cl)c(Cl)c1)C(=O)COc1cccc2ccccc12. The summed E-state index contributed by atoms with van der Waals surface area (Å²) in [4.78, 5) is 29.1. The molecule has 0 unspecified atom stereocenters. The Labute approximate surface area is 239 Å². The summed E-state index contributed by atoms with van der Waals surface area (Å²) >= 11 is 12.4. The highest BCUT2D eigenvalue weighted by Gasteiger charge is 2.31. The molecular formula is C32H32Cl2N2O3. The lowest BCUT2D eigenvalue weighted by Crippen LogP contribution is -2.53. The van der Waals surface area contributed by atoms with Gasteiger partial charge in [-0.1, -0.05) is 103 Å². The number of rotatable bonds is 11. The summed E-state index contributed by atoms with van der Waals surface area (Å²) in [6.45, 7) is 3.90. The van der Waals surface area contributed by atoms with E-state index >= 15 is 0 Å². The highest BCUT2D eigenvalue weighted by molar-refractivity contribution is 6.42. The fraction of sp³-hybridized carbons (Fsp3) is 0.250. The number of hydrogen-bond acceptors (Lipinski definition) is 3. The van der Waals surface area contributed by atoms with Crippen molar-refractivity contribution in [2.45, 2.75) is 45.3 Å². The molecule has 0 aromatic heterocycles. The smallest absolute Gasteiger partial charge is 0.261 e. The van der Waals surface area contributed by atoms with Gasteiger partial charge in [-0.05, 0) is 48.1 Å². The number of benzene rings is 4. The molecule has 4 aromatic carbocycles. The van der Waals surface area contributed by atoms with Crippen LogP contribution in [0.1, 0.15) is 31.4 Å². The van der Waals surface area contributed by atoms with Crippen LogP contribution in [-0.4, -0.2) is 35.4 Å². The van der Waals surface area contributed by atoms with Crippen LogP contribution in [0.2, 0.25) is 10.0 Å². The molecule has 0 aliphatic rings. The van der Waals surface area contributed by atoms with E-state index in [0.29, 0.717) is 22.2 Å². The summed E-state index contributed by atoms with van der Waals surface area (Å²) in [7, 11) is 0. The lowest BCUT2D eigenvalue weighted by atomic mass is 10.0. The van der Waals surface area contributed by atoms with Gasteiger partial charge in [0.1, 0.15) is 11.8 Å². The number of ether oxygens (including phenoxy) is 1. The molecule has 0 fully saturated rings. The topological polar surface area (TPSA) is 58.6 Å². The summed E-state index contributed by atoms with van der Waals surface area (Å²) in [5.41, 5.74) is 1.71. The van der Waals surface area contributed by atoms with E-state index in [0.717, 1.165) is 28.3 Å². The van der Waals surface area contributed by atoms with Crippen LogP contribution in [0.4, 0.5) is 0 Å². The number of carbonyl (C=O) groups excluding carboxylic acids is 2. The average Bonchev–Trinajstić information content (AvgIpc) is 2.95. The van der Waals surface area contributed by atoms with Gasteiger partial charge in [-0.3, -0.25) is 9.59 Å². The van der Waals surface area contributed by atoms with E-state index in [1.165, 1.54) is 0 Å². The van der Waals surface area contributed by atoms with Crippen LogP contribution in [0.15, 0.2) is 91.0 Å². The minimum atomic E-state index is -0.764. The van der Waals surface area contributed by atoms with Crippen molar-refractivity contribution in [1.82, 2.24) is 10.2 Å². The zero-order valence-electron chi connectivity index (χ0n) is 22.1. The minimum Gasteiger partial charge on any atom is -0.483 e. The third-order valence-electron chi connectivity index (χ3n) is 6.71. The van der Waals surface area contributed by atoms with Gasteiger partial charge in [0.15, 0.2) is 6.61 Å². The van der Waals surface area contributed by atoms with E-state index in [9.17, 15) is 9.59 Å². The van der Waals surface area contributed by atoms with Gasteiger partial charge in [-0.15, -0.1) is 0 Å². The third-order valence-corrected chi connectivity index (χ3v) is 7.45. The first kappa shape index (κ1) is 28.5. The van der Waals surface area contributed by atoms with Gasteiger partial charge >= 0.3 is 0 Å². The van der Waals surface area contributed by atoms with Crippen molar-refractivity contribution in [3.63, 3.8) is 0 Å². The van der Waals surface area contributed by atoms with Crippen LogP contribution in [0.25, 0.3) is 10.8 Å². The number of amides is 2. The molecule has 202 valence electrons. The Balaban J connectivity index is 1.66. The van der Waals surface area contributed by atoms with E-state index < -0.39 is 6.04 Å². The maximum absolute atomic E-state index is 13.9. The molecule has 7 heteroatoms. The zero-order valence-corrected chi connectivity index (χ0v) is 23.6. The molecule has 0 saturated carbocycles. The molecule has 4 rings (SSSR count). The van der Waals surface area contributed by atoms with Crippen LogP contribution >= 0.6 is 23.2 Å². The van der Waals surface area contributed by atoms with Gasteiger partial charge in [-0.2, -0.15) is 0 Å². The standard InChI is InChI=1S/C32H32Cl2N2O3/c1-3-22(2)35-32(38)29(19-23-10-5-4-6-11-23)36(20-24-16-17-27(33)28(34)18-24)31(37)21-39-30-15-9-13-25-12-7-8-14-26(25)30/h4-18,22,29H,3,19-21H2,1-2H3,(H,35,38)/t22-,29-/m0/s1. The van der Waals surface area contributed by atoms with Crippen LogP contribution < -0.4 is 10.1 Å². The minimum absolute atomic E-state index is 0.0374. The highest BCUT2D eigenvalue weighted by Crippen LogP contribution is 2.27. The molecular weight excluding hydrogens is 531 g/mol. The monoisotopic (exact) mass is 562 g/mol.